The number of ether oxygens (including phenoxy) is 2. The molecular weight excluding hydrogens is 278 g/mol. The summed E-state index contributed by atoms with van der Waals surface area (Å²) in [5.74, 6) is 1.78. The predicted octanol–water partition coefficient (Wildman–Crippen LogP) is 2.88. The lowest BCUT2D eigenvalue weighted by Crippen LogP contribution is -2.59. The predicted molar refractivity (Wildman–Crippen MR) is 83.2 cm³/mol. The highest BCUT2D eigenvalue weighted by atomic mass is 16.5. The largest absolute Gasteiger partial charge is 0.476 e. The van der Waals surface area contributed by atoms with Crippen LogP contribution in [0.1, 0.15) is 52.4 Å². The first-order valence-electron chi connectivity index (χ1n) is 8.77. The van der Waals surface area contributed by atoms with Gasteiger partial charge in [0.25, 0.3) is 0 Å². The van der Waals surface area contributed by atoms with E-state index in [-0.39, 0.29) is 11.1 Å². The van der Waals surface area contributed by atoms with Crippen LogP contribution in [0.2, 0.25) is 0 Å². The number of hydrogen-bond acceptors (Lipinski definition) is 4. The van der Waals surface area contributed by atoms with E-state index < -0.39 is 0 Å². The lowest BCUT2D eigenvalue weighted by Gasteiger charge is -2.54. The van der Waals surface area contributed by atoms with Crippen LogP contribution in [0.15, 0.2) is 11.3 Å². The van der Waals surface area contributed by atoms with Crippen molar-refractivity contribution in [2.75, 3.05) is 26.3 Å². The van der Waals surface area contributed by atoms with E-state index in [1.54, 1.807) is 0 Å². The summed E-state index contributed by atoms with van der Waals surface area (Å²) >= 11 is 0. The van der Waals surface area contributed by atoms with Crippen molar-refractivity contribution in [2.24, 2.45) is 11.3 Å². The van der Waals surface area contributed by atoms with Crippen LogP contribution < -0.4 is 0 Å². The molecule has 2 heterocycles. The maximum absolute atomic E-state index is 12.7. The third-order valence-electron chi connectivity index (χ3n) is 5.87. The van der Waals surface area contributed by atoms with Crippen molar-refractivity contribution >= 4 is 5.78 Å². The molecule has 2 atom stereocenters. The number of fused-ring (bicyclic) bond motifs is 3. The van der Waals surface area contributed by atoms with Crippen molar-refractivity contribution < 1.29 is 14.3 Å². The zero-order valence-corrected chi connectivity index (χ0v) is 13.8. The van der Waals surface area contributed by atoms with Gasteiger partial charge in [0.15, 0.2) is 11.5 Å². The lowest BCUT2D eigenvalue weighted by molar-refractivity contribution is -0.194. The molecule has 0 radical (unpaired) electrons. The van der Waals surface area contributed by atoms with E-state index in [2.05, 4.69) is 18.7 Å². The molecule has 0 N–H and O–H groups in total. The summed E-state index contributed by atoms with van der Waals surface area (Å²) in [7, 11) is 0. The smallest absolute Gasteiger partial charge is 0.163 e. The molecule has 2 aliphatic carbocycles. The van der Waals surface area contributed by atoms with Gasteiger partial charge in [-0.25, -0.2) is 0 Å². The number of hydrogen-bond donors (Lipinski definition) is 0. The van der Waals surface area contributed by atoms with Gasteiger partial charge in [-0.2, -0.15) is 0 Å². The summed E-state index contributed by atoms with van der Waals surface area (Å²) in [6.45, 7) is 7.87. The standard InChI is InChI=1S/C18H27NO3/c1-17(2)11-14(20)16-13-4-3-5-18(10-13,22-15(16)12-17)19-6-8-21-9-7-19/h13H,3-12H2,1-2H3/t13-,18+/m1/s1. The van der Waals surface area contributed by atoms with E-state index in [1.807, 2.05) is 0 Å². The van der Waals surface area contributed by atoms with Gasteiger partial charge in [-0.1, -0.05) is 13.8 Å². The van der Waals surface area contributed by atoms with E-state index in [0.717, 1.165) is 69.7 Å². The number of rotatable bonds is 1. The summed E-state index contributed by atoms with van der Waals surface area (Å²) in [5, 5.41) is 0. The van der Waals surface area contributed by atoms with Crippen molar-refractivity contribution in [2.45, 2.75) is 58.1 Å². The molecule has 2 fully saturated rings. The number of allylic oxidation sites excluding steroid dienone is 2. The fraction of sp³-hybridized carbons (Fsp3) is 0.833. The quantitative estimate of drug-likeness (QED) is 0.747. The average Bonchev–Trinajstić information content (AvgIpc) is 2.46. The SMILES string of the molecule is CC1(C)CC(=O)C2=C(C1)O[C@@]1(N3CCOCC3)CCC[C@@H]2C1. The molecule has 2 aliphatic heterocycles. The zero-order valence-electron chi connectivity index (χ0n) is 13.8. The van der Waals surface area contributed by atoms with Gasteiger partial charge in [0.1, 0.15) is 5.76 Å². The van der Waals surface area contributed by atoms with Gasteiger partial charge in [-0.15, -0.1) is 0 Å². The molecule has 0 aromatic carbocycles. The van der Waals surface area contributed by atoms with E-state index in [1.165, 1.54) is 0 Å². The highest BCUT2D eigenvalue weighted by Crippen LogP contribution is 2.52. The summed E-state index contributed by atoms with van der Waals surface area (Å²) in [6.07, 6.45) is 6.00. The van der Waals surface area contributed by atoms with E-state index in [9.17, 15) is 4.79 Å². The molecule has 22 heavy (non-hydrogen) atoms. The molecule has 4 nitrogen and oxygen atoms in total. The Kier molecular flexibility index (Phi) is 3.39. The minimum absolute atomic E-state index is 0.0355. The normalized spacial score (nSPS) is 38.5. The van der Waals surface area contributed by atoms with Crippen molar-refractivity contribution in [1.82, 2.24) is 4.90 Å². The number of ketones is 1. The first-order valence-corrected chi connectivity index (χ1v) is 8.77. The molecule has 0 aromatic rings. The minimum atomic E-state index is -0.167. The monoisotopic (exact) mass is 305 g/mol. The Labute approximate surface area is 132 Å². The van der Waals surface area contributed by atoms with Gasteiger partial charge in [-0.05, 0) is 24.2 Å². The Morgan fingerprint density at radius 1 is 1.18 bits per heavy atom. The fourth-order valence-electron chi connectivity index (χ4n) is 4.93. The van der Waals surface area contributed by atoms with Crippen LogP contribution in [0.4, 0.5) is 0 Å². The van der Waals surface area contributed by atoms with Crippen LogP contribution in [0.3, 0.4) is 0 Å². The number of morpholine rings is 1. The van der Waals surface area contributed by atoms with Crippen LogP contribution in [-0.4, -0.2) is 42.7 Å². The molecule has 0 aromatic heterocycles. The van der Waals surface area contributed by atoms with Crippen LogP contribution in [-0.2, 0) is 14.3 Å². The molecule has 2 bridgehead atoms. The number of nitrogens with zero attached hydrogens (tertiary/aromatic N) is 1. The summed E-state index contributed by atoms with van der Waals surface area (Å²) < 4.78 is 12.1. The van der Waals surface area contributed by atoms with E-state index >= 15 is 0 Å². The summed E-state index contributed by atoms with van der Waals surface area (Å²) in [6, 6.07) is 0. The Morgan fingerprint density at radius 2 is 1.95 bits per heavy atom. The molecule has 1 saturated heterocycles. The van der Waals surface area contributed by atoms with Crippen molar-refractivity contribution in [3.8, 4) is 0 Å². The lowest BCUT2D eigenvalue weighted by atomic mass is 9.67. The molecular formula is C18H27NO3. The number of Topliss-reactive ketones (excluding diaryl/α,β-unsaturated/α-hetero) is 1. The van der Waals surface area contributed by atoms with Crippen molar-refractivity contribution in [1.29, 1.82) is 0 Å². The minimum Gasteiger partial charge on any atom is -0.476 e. The molecule has 0 amide bonds. The topological polar surface area (TPSA) is 38.8 Å². The molecule has 0 unspecified atom stereocenters. The fourth-order valence-corrected chi connectivity index (χ4v) is 4.93. The number of carbonyl (C=O) groups excluding carboxylic acids is 1. The first kappa shape index (κ1) is 14.7. The Bertz CT molecular complexity index is 518. The van der Waals surface area contributed by atoms with Gasteiger partial charge in [-0.3, -0.25) is 9.69 Å². The highest BCUT2D eigenvalue weighted by molar-refractivity contribution is 5.97. The summed E-state index contributed by atoms with van der Waals surface area (Å²) in [4.78, 5) is 15.1. The maximum atomic E-state index is 12.7. The second-order valence-corrected chi connectivity index (χ2v) is 8.22. The van der Waals surface area contributed by atoms with Crippen LogP contribution in [0, 0.1) is 11.3 Å². The maximum Gasteiger partial charge on any atom is 0.163 e. The Hall–Kier alpha value is -0.870. The summed E-state index contributed by atoms with van der Waals surface area (Å²) in [5.41, 5.74) is 0.912. The van der Waals surface area contributed by atoms with Gasteiger partial charge in [0.05, 0.1) is 13.2 Å². The third-order valence-corrected chi connectivity index (χ3v) is 5.87. The van der Waals surface area contributed by atoms with Gasteiger partial charge < -0.3 is 9.47 Å². The molecule has 1 saturated carbocycles. The zero-order chi connectivity index (χ0) is 15.4. The second kappa shape index (κ2) is 5.07. The highest BCUT2D eigenvalue weighted by Gasteiger charge is 2.52. The van der Waals surface area contributed by atoms with Crippen LogP contribution in [0.25, 0.3) is 0 Å². The van der Waals surface area contributed by atoms with Gasteiger partial charge in [0.2, 0.25) is 0 Å². The molecule has 4 rings (SSSR count). The Morgan fingerprint density at radius 3 is 2.73 bits per heavy atom. The van der Waals surface area contributed by atoms with E-state index in [4.69, 9.17) is 9.47 Å². The van der Waals surface area contributed by atoms with Crippen molar-refractivity contribution in [3.63, 3.8) is 0 Å². The van der Waals surface area contributed by atoms with Gasteiger partial charge in [0, 0.05) is 44.3 Å². The van der Waals surface area contributed by atoms with Crippen molar-refractivity contribution in [3.05, 3.63) is 11.3 Å². The molecule has 0 spiro atoms. The third kappa shape index (κ3) is 2.31. The Balaban J connectivity index is 1.69. The van der Waals surface area contributed by atoms with E-state index in [0.29, 0.717) is 18.1 Å². The molecule has 4 aliphatic rings. The molecule has 122 valence electrons. The second-order valence-electron chi connectivity index (χ2n) is 8.22. The average molecular weight is 305 g/mol. The van der Waals surface area contributed by atoms with Crippen LogP contribution >= 0.6 is 0 Å². The van der Waals surface area contributed by atoms with Crippen LogP contribution in [0.5, 0.6) is 0 Å². The first-order chi connectivity index (χ1) is 10.5. The molecule has 4 heteroatoms. The van der Waals surface area contributed by atoms with Gasteiger partial charge >= 0.3 is 0 Å². The number of carbonyl (C=O) groups is 1.